The van der Waals surface area contributed by atoms with Gasteiger partial charge in [0.05, 0.1) is 10.7 Å². The van der Waals surface area contributed by atoms with E-state index in [0.29, 0.717) is 21.5 Å². The Balaban J connectivity index is 2.01. The average molecular weight is 305 g/mol. The molecule has 2 rings (SSSR count). The molecule has 0 radical (unpaired) electrons. The summed E-state index contributed by atoms with van der Waals surface area (Å²) in [6.07, 6.45) is 1.62. The highest BCUT2D eigenvalue weighted by molar-refractivity contribution is 7.80. The minimum atomic E-state index is 0.350. The summed E-state index contributed by atoms with van der Waals surface area (Å²) < 4.78 is 0. The van der Waals surface area contributed by atoms with Gasteiger partial charge < -0.3 is 16.8 Å². The molecule has 0 unspecified atom stereocenters. The van der Waals surface area contributed by atoms with E-state index in [2.05, 4.69) is 10.3 Å². The first-order valence-corrected chi connectivity index (χ1v) is 6.59. The van der Waals surface area contributed by atoms with Gasteiger partial charge in [-0.2, -0.15) is 0 Å². The molecule has 0 fully saturated rings. The lowest BCUT2D eigenvalue weighted by Gasteiger charge is -2.04. The van der Waals surface area contributed by atoms with E-state index < -0.39 is 0 Å². The average Bonchev–Trinajstić information content (AvgIpc) is 2.43. The van der Waals surface area contributed by atoms with E-state index in [1.165, 1.54) is 0 Å². The number of benzene rings is 2. The highest BCUT2D eigenvalue weighted by Gasteiger charge is 1.98. The van der Waals surface area contributed by atoms with E-state index in [-0.39, 0.29) is 0 Å². The first-order chi connectivity index (χ1) is 9.54. The zero-order valence-electron chi connectivity index (χ0n) is 10.5. The number of hydrogen-bond acceptors (Lipinski definition) is 3. The Kier molecular flexibility index (Phi) is 4.55. The van der Waals surface area contributed by atoms with Crippen molar-refractivity contribution in [2.24, 2.45) is 4.99 Å². The van der Waals surface area contributed by atoms with Crippen molar-refractivity contribution < 1.29 is 0 Å². The van der Waals surface area contributed by atoms with E-state index in [0.717, 1.165) is 11.3 Å². The Bertz CT molecular complexity index is 653. The van der Waals surface area contributed by atoms with E-state index in [9.17, 15) is 0 Å². The largest absolute Gasteiger partial charge is 0.399 e. The fourth-order valence-electron chi connectivity index (χ4n) is 1.50. The second-order valence-electron chi connectivity index (χ2n) is 4.09. The standard InChI is InChI=1S/C14H13ClN4S/c15-12-6-1-9(7-13(12)17)8-18-14(20)19-11-4-2-10(16)3-5-11/h1-8H,16-17H2,(H,19,20)/b18-8+. The molecule has 20 heavy (non-hydrogen) atoms. The Hall–Kier alpha value is -2.11. The first kappa shape index (κ1) is 14.3. The van der Waals surface area contributed by atoms with Crippen LogP contribution in [0.2, 0.25) is 5.02 Å². The van der Waals surface area contributed by atoms with Crippen LogP contribution in [0.4, 0.5) is 17.1 Å². The molecule has 0 saturated carbocycles. The van der Waals surface area contributed by atoms with Crippen LogP contribution >= 0.6 is 23.8 Å². The molecule has 0 amide bonds. The van der Waals surface area contributed by atoms with Gasteiger partial charge in [0, 0.05) is 17.6 Å². The quantitative estimate of drug-likeness (QED) is 0.452. The van der Waals surface area contributed by atoms with Crippen molar-refractivity contribution in [2.45, 2.75) is 0 Å². The number of nitrogens with zero attached hydrogens (tertiary/aromatic N) is 1. The fraction of sp³-hybridized carbons (Fsp3) is 0. The number of nitrogen functional groups attached to an aromatic ring is 2. The predicted octanol–water partition coefficient (Wildman–Crippen LogP) is 3.32. The van der Waals surface area contributed by atoms with Crippen molar-refractivity contribution >= 4 is 52.2 Å². The van der Waals surface area contributed by atoms with Crippen molar-refractivity contribution in [1.82, 2.24) is 0 Å². The summed E-state index contributed by atoms with van der Waals surface area (Å²) in [5.41, 5.74) is 14.2. The van der Waals surface area contributed by atoms with Crippen molar-refractivity contribution in [3.05, 3.63) is 53.1 Å². The van der Waals surface area contributed by atoms with Crippen LogP contribution in [0.5, 0.6) is 0 Å². The summed E-state index contributed by atoms with van der Waals surface area (Å²) in [5, 5.41) is 3.85. The molecule has 6 heteroatoms. The number of aliphatic imine (C=N–C) groups is 1. The predicted molar refractivity (Wildman–Crippen MR) is 90.5 cm³/mol. The second-order valence-corrected chi connectivity index (χ2v) is 4.89. The Morgan fingerprint density at radius 2 is 1.85 bits per heavy atom. The molecule has 5 N–H and O–H groups in total. The first-order valence-electron chi connectivity index (χ1n) is 5.80. The molecule has 0 aliphatic rings. The number of anilines is 3. The van der Waals surface area contributed by atoms with Crippen LogP contribution in [0, 0.1) is 0 Å². The SMILES string of the molecule is Nc1ccc(NC(=S)/N=C/c2ccc(Cl)c(N)c2)cc1. The number of hydrogen-bond donors (Lipinski definition) is 3. The highest BCUT2D eigenvalue weighted by Crippen LogP contribution is 2.18. The van der Waals surface area contributed by atoms with Gasteiger partial charge in [-0.3, -0.25) is 0 Å². The maximum atomic E-state index is 5.85. The molecule has 102 valence electrons. The van der Waals surface area contributed by atoms with Gasteiger partial charge in [-0.05, 0) is 54.2 Å². The van der Waals surface area contributed by atoms with Crippen molar-refractivity contribution in [3.63, 3.8) is 0 Å². The van der Waals surface area contributed by atoms with Crippen LogP contribution in [0.25, 0.3) is 0 Å². The number of halogens is 1. The second kappa shape index (κ2) is 6.36. The van der Waals surface area contributed by atoms with Gasteiger partial charge in [-0.15, -0.1) is 0 Å². The molecule has 0 aliphatic carbocycles. The minimum absolute atomic E-state index is 0.350. The molecule has 0 saturated heterocycles. The van der Waals surface area contributed by atoms with Gasteiger partial charge >= 0.3 is 0 Å². The number of thiocarbonyl (C=S) groups is 1. The molecule has 0 bridgehead atoms. The third-order valence-electron chi connectivity index (χ3n) is 2.51. The van der Waals surface area contributed by atoms with Crippen LogP contribution in [-0.2, 0) is 0 Å². The summed E-state index contributed by atoms with van der Waals surface area (Å²) in [7, 11) is 0. The Labute approximate surface area is 127 Å². The van der Waals surface area contributed by atoms with Gasteiger partial charge in [-0.1, -0.05) is 17.7 Å². The monoisotopic (exact) mass is 304 g/mol. The van der Waals surface area contributed by atoms with Crippen LogP contribution in [0.3, 0.4) is 0 Å². The van der Waals surface area contributed by atoms with Gasteiger partial charge in [0.25, 0.3) is 0 Å². The molecular weight excluding hydrogens is 292 g/mol. The van der Waals surface area contributed by atoms with Crippen molar-refractivity contribution in [3.8, 4) is 0 Å². The zero-order valence-corrected chi connectivity index (χ0v) is 12.1. The molecule has 0 aliphatic heterocycles. The lowest BCUT2D eigenvalue weighted by molar-refractivity contribution is 1.59. The summed E-state index contributed by atoms with van der Waals surface area (Å²) in [6.45, 7) is 0. The summed E-state index contributed by atoms with van der Waals surface area (Å²) in [6, 6.07) is 12.5. The lowest BCUT2D eigenvalue weighted by atomic mass is 10.2. The smallest absolute Gasteiger partial charge is 0.197 e. The Morgan fingerprint density at radius 1 is 1.15 bits per heavy atom. The van der Waals surface area contributed by atoms with Crippen molar-refractivity contribution in [2.75, 3.05) is 16.8 Å². The van der Waals surface area contributed by atoms with E-state index in [4.69, 9.17) is 35.3 Å². The molecular formula is C14H13ClN4S. The van der Waals surface area contributed by atoms with Gasteiger partial charge in [0.2, 0.25) is 0 Å². The van der Waals surface area contributed by atoms with E-state index in [1.54, 1.807) is 30.5 Å². The van der Waals surface area contributed by atoms with Crippen LogP contribution in [-0.4, -0.2) is 11.3 Å². The maximum Gasteiger partial charge on any atom is 0.197 e. The van der Waals surface area contributed by atoms with E-state index in [1.807, 2.05) is 18.2 Å². The summed E-state index contributed by atoms with van der Waals surface area (Å²) in [4.78, 5) is 4.15. The summed E-state index contributed by atoms with van der Waals surface area (Å²) in [5.74, 6) is 0. The molecule has 0 atom stereocenters. The maximum absolute atomic E-state index is 5.85. The molecule has 0 spiro atoms. The van der Waals surface area contributed by atoms with Gasteiger partial charge in [0.15, 0.2) is 5.11 Å². The topological polar surface area (TPSA) is 76.4 Å². The van der Waals surface area contributed by atoms with Gasteiger partial charge in [-0.25, -0.2) is 4.99 Å². The van der Waals surface area contributed by atoms with Crippen LogP contribution < -0.4 is 16.8 Å². The van der Waals surface area contributed by atoms with Gasteiger partial charge in [0.1, 0.15) is 0 Å². The molecule has 0 heterocycles. The van der Waals surface area contributed by atoms with E-state index >= 15 is 0 Å². The molecule has 0 aromatic heterocycles. The molecule has 4 nitrogen and oxygen atoms in total. The third kappa shape index (κ3) is 3.94. The number of nitrogens with one attached hydrogen (secondary N) is 1. The highest BCUT2D eigenvalue weighted by atomic mass is 35.5. The zero-order chi connectivity index (χ0) is 14.5. The molecule has 2 aromatic carbocycles. The third-order valence-corrected chi connectivity index (χ3v) is 3.06. The Morgan fingerprint density at radius 3 is 2.50 bits per heavy atom. The van der Waals surface area contributed by atoms with Crippen molar-refractivity contribution in [1.29, 1.82) is 0 Å². The lowest BCUT2D eigenvalue weighted by Crippen LogP contribution is -2.06. The number of rotatable bonds is 2. The summed E-state index contributed by atoms with van der Waals surface area (Å²) >= 11 is 11.0. The van der Waals surface area contributed by atoms with Crippen LogP contribution in [0.1, 0.15) is 5.56 Å². The number of nitrogens with two attached hydrogens (primary N) is 2. The molecule has 2 aromatic rings. The normalized spacial score (nSPS) is 10.7. The minimum Gasteiger partial charge on any atom is -0.399 e. The van der Waals surface area contributed by atoms with Crippen LogP contribution in [0.15, 0.2) is 47.5 Å². The fourth-order valence-corrected chi connectivity index (χ4v) is 1.79.